The number of nitrogens with zero attached hydrogens (tertiary/aromatic N) is 1. The van der Waals surface area contributed by atoms with Crippen molar-refractivity contribution in [2.45, 2.75) is 13.3 Å². The van der Waals surface area contributed by atoms with Gasteiger partial charge in [-0.25, -0.2) is 0 Å². The molecule has 0 bridgehead atoms. The Balaban J connectivity index is 1.49. The minimum Gasteiger partial charge on any atom is -0.496 e. The van der Waals surface area contributed by atoms with Gasteiger partial charge in [-0.2, -0.15) is 0 Å². The van der Waals surface area contributed by atoms with E-state index >= 15 is 0 Å². The lowest BCUT2D eigenvalue weighted by molar-refractivity contribution is 0.0996. The van der Waals surface area contributed by atoms with Crippen LogP contribution in [0.2, 0.25) is 0 Å². The molecule has 2 heterocycles. The number of ether oxygens (including phenoxy) is 4. The van der Waals surface area contributed by atoms with E-state index in [1.165, 1.54) is 7.11 Å². The lowest BCUT2D eigenvalue weighted by Gasteiger charge is -2.20. The van der Waals surface area contributed by atoms with Gasteiger partial charge < -0.3 is 29.2 Å². The van der Waals surface area contributed by atoms with Crippen LogP contribution in [-0.4, -0.2) is 51.2 Å². The number of amides is 1. The highest BCUT2D eigenvalue weighted by Crippen LogP contribution is 2.46. The molecule has 5 rings (SSSR count). The number of likely N-dealkylation sites (N-methyl/N-ethyl adjacent to an activating group) is 1. The maximum Gasteiger partial charge on any atom is 0.259 e. The van der Waals surface area contributed by atoms with Gasteiger partial charge in [-0.15, -0.1) is 0 Å². The van der Waals surface area contributed by atoms with Crippen LogP contribution in [0.1, 0.15) is 37.4 Å². The highest BCUT2D eigenvalue weighted by atomic mass is 16.7. The van der Waals surface area contributed by atoms with Crippen molar-refractivity contribution in [3.05, 3.63) is 82.0 Å². The van der Waals surface area contributed by atoms with Crippen molar-refractivity contribution in [1.29, 1.82) is 0 Å². The van der Waals surface area contributed by atoms with Crippen LogP contribution >= 0.6 is 0 Å². The van der Waals surface area contributed by atoms with Crippen molar-refractivity contribution < 1.29 is 28.5 Å². The molecule has 3 aromatic carbocycles. The lowest BCUT2D eigenvalue weighted by atomic mass is 10.00. The summed E-state index contributed by atoms with van der Waals surface area (Å²) in [5.74, 6) is 1.75. The summed E-state index contributed by atoms with van der Waals surface area (Å²) in [6, 6.07) is 14.3. The number of Topliss-reactive ketones (excluding diaryl/α,β-unsaturated/α-hetero) is 1. The Morgan fingerprint density at radius 2 is 1.84 bits per heavy atom. The molecule has 0 spiro atoms. The molecule has 0 saturated carbocycles. The molecule has 190 valence electrons. The van der Waals surface area contributed by atoms with Crippen molar-refractivity contribution in [2.24, 2.45) is 0 Å². The summed E-state index contributed by atoms with van der Waals surface area (Å²) in [5.41, 5.74) is 4.60. The number of methoxy groups -OCH3 is 2. The number of benzene rings is 3. The normalized spacial score (nSPS) is 13.8. The number of nitrogens with one attached hydrogen (secondary N) is 1. The predicted octanol–water partition coefficient (Wildman–Crippen LogP) is 4.70. The van der Waals surface area contributed by atoms with E-state index in [-0.39, 0.29) is 18.5 Å². The Bertz CT molecular complexity index is 1430. The molecule has 2 aliphatic heterocycles. The molecule has 8 heteroatoms. The minimum absolute atomic E-state index is 0.136. The molecule has 0 fully saturated rings. The van der Waals surface area contributed by atoms with Crippen molar-refractivity contribution in [3.63, 3.8) is 0 Å². The summed E-state index contributed by atoms with van der Waals surface area (Å²) in [6.45, 7) is 2.65. The second kappa shape index (κ2) is 9.89. The zero-order valence-corrected chi connectivity index (χ0v) is 21.2. The fourth-order valence-electron chi connectivity index (χ4n) is 4.61. The average Bonchev–Trinajstić information content (AvgIpc) is 3.32. The van der Waals surface area contributed by atoms with E-state index in [0.29, 0.717) is 58.5 Å². The summed E-state index contributed by atoms with van der Waals surface area (Å²) < 4.78 is 22.2. The zero-order valence-electron chi connectivity index (χ0n) is 21.2. The summed E-state index contributed by atoms with van der Waals surface area (Å²) in [4.78, 5) is 28.7. The topological polar surface area (TPSA) is 86.3 Å². The van der Waals surface area contributed by atoms with Crippen LogP contribution < -0.4 is 24.3 Å². The third kappa shape index (κ3) is 4.46. The first-order chi connectivity index (χ1) is 17.9. The van der Waals surface area contributed by atoms with Gasteiger partial charge in [-0.1, -0.05) is 24.3 Å². The Labute approximate surface area is 215 Å². The van der Waals surface area contributed by atoms with E-state index in [1.807, 2.05) is 37.1 Å². The van der Waals surface area contributed by atoms with Crippen LogP contribution in [0.5, 0.6) is 23.0 Å². The molecule has 0 aromatic heterocycles. The number of carbonyl (C=O) groups is 2. The summed E-state index contributed by atoms with van der Waals surface area (Å²) in [6.07, 6.45) is 2.55. The van der Waals surface area contributed by atoms with Crippen molar-refractivity contribution in [1.82, 2.24) is 4.90 Å². The lowest BCUT2D eigenvalue weighted by Crippen LogP contribution is -2.24. The van der Waals surface area contributed by atoms with E-state index in [1.54, 1.807) is 43.5 Å². The maximum atomic E-state index is 13.8. The molecular weight excluding hydrogens is 472 g/mol. The third-order valence-electron chi connectivity index (χ3n) is 6.69. The van der Waals surface area contributed by atoms with Gasteiger partial charge >= 0.3 is 0 Å². The standard InChI is InChI=1S/C29H28N2O6/c1-17-9-10-19(13-22(17)30-29(33)20-7-5-6-8-24(20)34-3)26(32)23-15-21-18(11-12-31(23)2)14-25-28(27(21)35-4)37-16-36-25/h5-10,13-15H,11-12,16H2,1-4H3,(H,30,33). The molecule has 0 radical (unpaired) electrons. The number of anilines is 1. The van der Waals surface area contributed by atoms with E-state index in [2.05, 4.69) is 5.32 Å². The highest BCUT2D eigenvalue weighted by molar-refractivity contribution is 6.13. The first-order valence-corrected chi connectivity index (χ1v) is 11.9. The van der Waals surface area contributed by atoms with Crippen LogP contribution in [0.25, 0.3) is 6.08 Å². The number of ketones is 1. The first kappa shape index (κ1) is 24.2. The van der Waals surface area contributed by atoms with E-state index in [9.17, 15) is 9.59 Å². The number of hydrogen-bond acceptors (Lipinski definition) is 7. The van der Waals surface area contributed by atoms with Crippen LogP contribution in [0.3, 0.4) is 0 Å². The second-order valence-electron chi connectivity index (χ2n) is 8.93. The summed E-state index contributed by atoms with van der Waals surface area (Å²) in [5, 5.41) is 2.93. The Morgan fingerprint density at radius 1 is 1.03 bits per heavy atom. The largest absolute Gasteiger partial charge is 0.496 e. The molecule has 0 unspecified atom stereocenters. The Kier molecular flexibility index (Phi) is 6.48. The molecule has 1 N–H and O–H groups in total. The van der Waals surface area contributed by atoms with Crippen LogP contribution in [0.15, 0.2) is 54.2 Å². The van der Waals surface area contributed by atoms with Gasteiger partial charge in [-0.3, -0.25) is 9.59 Å². The number of carbonyl (C=O) groups excluding carboxylic acids is 2. The fourth-order valence-corrected chi connectivity index (χ4v) is 4.61. The highest BCUT2D eigenvalue weighted by Gasteiger charge is 2.28. The third-order valence-corrected chi connectivity index (χ3v) is 6.69. The van der Waals surface area contributed by atoms with Gasteiger partial charge in [0.05, 0.1) is 25.5 Å². The predicted molar refractivity (Wildman–Crippen MR) is 140 cm³/mol. The number of para-hydroxylation sites is 1. The molecule has 0 saturated heterocycles. The van der Waals surface area contributed by atoms with Gasteiger partial charge in [0, 0.05) is 30.4 Å². The van der Waals surface area contributed by atoms with Gasteiger partial charge in [0.15, 0.2) is 11.5 Å². The van der Waals surface area contributed by atoms with E-state index in [0.717, 1.165) is 16.7 Å². The van der Waals surface area contributed by atoms with Crippen molar-refractivity contribution in [2.75, 3.05) is 39.9 Å². The van der Waals surface area contributed by atoms with Crippen LogP contribution in [0, 0.1) is 6.92 Å². The number of fused-ring (bicyclic) bond motifs is 2. The summed E-state index contributed by atoms with van der Waals surface area (Å²) in [7, 11) is 4.99. The molecule has 0 atom stereocenters. The maximum absolute atomic E-state index is 13.8. The fraction of sp³-hybridized carbons (Fsp3) is 0.241. The monoisotopic (exact) mass is 500 g/mol. The molecule has 0 aliphatic carbocycles. The Hall–Kier alpha value is -4.46. The number of allylic oxidation sites excluding steroid dienone is 1. The number of hydrogen-bond donors (Lipinski definition) is 1. The molecule has 2 aliphatic rings. The molecule has 37 heavy (non-hydrogen) atoms. The van der Waals surface area contributed by atoms with Gasteiger partial charge in [0.1, 0.15) is 5.75 Å². The number of aryl methyl sites for hydroxylation is 1. The van der Waals surface area contributed by atoms with Crippen LogP contribution in [0.4, 0.5) is 5.69 Å². The smallest absolute Gasteiger partial charge is 0.259 e. The van der Waals surface area contributed by atoms with Crippen molar-refractivity contribution >= 4 is 23.5 Å². The van der Waals surface area contributed by atoms with E-state index < -0.39 is 0 Å². The van der Waals surface area contributed by atoms with Crippen LogP contribution in [-0.2, 0) is 6.42 Å². The first-order valence-electron chi connectivity index (χ1n) is 11.9. The zero-order chi connectivity index (χ0) is 26.1. The van der Waals surface area contributed by atoms with Crippen molar-refractivity contribution in [3.8, 4) is 23.0 Å². The van der Waals surface area contributed by atoms with Gasteiger partial charge in [0.2, 0.25) is 18.3 Å². The summed E-state index contributed by atoms with van der Waals surface area (Å²) >= 11 is 0. The molecule has 1 amide bonds. The van der Waals surface area contributed by atoms with Gasteiger partial charge in [-0.05, 0) is 54.8 Å². The minimum atomic E-state index is -0.314. The second-order valence-corrected chi connectivity index (χ2v) is 8.93. The quantitative estimate of drug-likeness (QED) is 0.491. The van der Waals surface area contributed by atoms with E-state index in [4.69, 9.17) is 18.9 Å². The van der Waals surface area contributed by atoms with Gasteiger partial charge in [0.25, 0.3) is 5.91 Å². The molecule has 8 nitrogen and oxygen atoms in total. The average molecular weight is 501 g/mol. The Morgan fingerprint density at radius 3 is 2.62 bits per heavy atom. The molecular formula is C29H28N2O6. The SMILES string of the molecule is COc1ccccc1C(=O)Nc1cc(C(=O)C2=Cc3c(cc4c(c3OC)OCO4)CCN2C)ccc1C. The number of rotatable bonds is 6. The molecule has 3 aromatic rings.